The number of amides is 1. The molecule has 1 heterocycles. The van der Waals surface area contributed by atoms with Gasteiger partial charge in [0, 0.05) is 24.4 Å². The van der Waals surface area contributed by atoms with Crippen LogP contribution >= 0.6 is 23.5 Å². The minimum absolute atomic E-state index is 0.118. The molecule has 4 nitrogen and oxygen atoms in total. The van der Waals surface area contributed by atoms with E-state index < -0.39 is 0 Å². The lowest BCUT2D eigenvalue weighted by Crippen LogP contribution is -2.44. The highest BCUT2D eigenvalue weighted by Crippen LogP contribution is 2.24. The summed E-state index contributed by atoms with van der Waals surface area (Å²) in [4.78, 5) is 16.4. The molecule has 1 aliphatic heterocycles. The number of hydrogen-bond donors (Lipinski definition) is 1. The van der Waals surface area contributed by atoms with Gasteiger partial charge in [0.25, 0.3) is 0 Å². The molecule has 3 atom stereocenters. The molecule has 0 aromatic rings. The van der Waals surface area contributed by atoms with Gasteiger partial charge in [0.15, 0.2) is 0 Å². The summed E-state index contributed by atoms with van der Waals surface area (Å²) in [5.41, 5.74) is 5.97. The molecule has 0 aliphatic carbocycles. The van der Waals surface area contributed by atoms with Crippen LogP contribution in [0.15, 0.2) is 0 Å². The second kappa shape index (κ2) is 7.62. The number of nitrogens with two attached hydrogens (primary N) is 1. The van der Waals surface area contributed by atoms with Crippen molar-refractivity contribution in [3.63, 3.8) is 0 Å². The van der Waals surface area contributed by atoms with E-state index in [9.17, 15) is 4.79 Å². The lowest BCUT2D eigenvalue weighted by atomic mass is 10.2. The second-order valence-electron chi connectivity index (χ2n) is 4.94. The van der Waals surface area contributed by atoms with Gasteiger partial charge in [-0.15, -0.1) is 0 Å². The molecule has 1 aliphatic rings. The van der Waals surface area contributed by atoms with Crippen molar-refractivity contribution >= 4 is 29.4 Å². The number of hydrogen-bond acceptors (Lipinski definition) is 5. The van der Waals surface area contributed by atoms with Crippen molar-refractivity contribution in [1.29, 1.82) is 0 Å². The van der Waals surface area contributed by atoms with Crippen LogP contribution < -0.4 is 5.73 Å². The SMILES string of the molecule is CSCCC(N)C(=O)N1CC(SC)C(N(C)C)C1. The van der Waals surface area contributed by atoms with Crippen molar-refractivity contribution < 1.29 is 4.79 Å². The van der Waals surface area contributed by atoms with Gasteiger partial charge in [-0.2, -0.15) is 23.5 Å². The number of likely N-dealkylation sites (N-methyl/N-ethyl adjacent to an activating group) is 1. The highest BCUT2D eigenvalue weighted by Gasteiger charge is 2.37. The largest absolute Gasteiger partial charge is 0.339 e. The molecular weight excluding hydrogens is 266 g/mol. The Hall–Kier alpha value is 0.0900. The molecule has 0 radical (unpaired) electrons. The van der Waals surface area contributed by atoms with Crippen molar-refractivity contribution in [2.45, 2.75) is 23.8 Å². The minimum Gasteiger partial charge on any atom is -0.339 e. The molecule has 6 heteroatoms. The van der Waals surface area contributed by atoms with E-state index in [0.717, 1.165) is 25.3 Å². The average Bonchev–Trinajstić information content (AvgIpc) is 2.79. The zero-order valence-corrected chi connectivity index (χ0v) is 13.4. The highest BCUT2D eigenvalue weighted by molar-refractivity contribution is 7.99. The predicted octanol–water partition coefficient (Wildman–Crippen LogP) is 0.571. The van der Waals surface area contributed by atoms with E-state index in [2.05, 4.69) is 25.3 Å². The van der Waals surface area contributed by atoms with Crippen molar-refractivity contribution in [2.24, 2.45) is 5.73 Å². The van der Waals surface area contributed by atoms with Gasteiger partial charge in [-0.05, 0) is 38.8 Å². The van der Waals surface area contributed by atoms with E-state index in [1.165, 1.54) is 0 Å². The molecule has 3 unspecified atom stereocenters. The van der Waals surface area contributed by atoms with E-state index in [1.54, 1.807) is 11.8 Å². The first-order valence-corrected chi connectivity index (χ1v) is 8.92. The van der Waals surface area contributed by atoms with Gasteiger partial charge in [0.2, 0.25) is 5.91 Å². The number of carbonyl (C=O) groups excluding carboxylic acids is 1. The van der Waals surface area contributed by atoms with E-state index in [-0.39, 0.29) is 11.9 Å². The van der Waals surface area contributed by atoms with E-state index in [1.807, 2.05) is 22.9 Å². The Kier molecular flexibility index (Phi) is 6.84. The zero-order chi connectivity index (χ0) is 13.7. The van der Waals surface area contributed by atoms with Crippen LogP contribution in [0, 0.1) is 0 Å². The van der Waals surface area contributed by atoms with Gasteiger partial charge in [-0.3, -0.25) is 4.79 Å². The number of nitrogens with zero attached hydrogens (tertiary/aromatic N) is 2. The summed E-state index contributed by atoms with van der Waals surface area (Å²) >= 11 is 3.58. The molecule has 0 saturated carbocycles. The third kappa shape index (κ3) is 4.05. The predicted molar refractivity (Wildman–Crippen MR) is 82.3 cm³/mol. The molecule has 1 amide bonds. The molecule has 106 valence electrons. The normalized spacial score (nSPS) is 25.8. The summed E-state index contributed by atoms with van der Waals surface area (Å²) < 4.78 is 0. The Morgan fingerprint density at radius 1 is 1.44 bits per heavy atom. The Bertz CT molecular complexity index is 276. The summed E-state index contributed by atoms with van der Waals surface area (Å²) in [5.74, 6) is 1.07. The van der Waals surface area contributed by atoms with Crippen molar-refractivity contribution in [3.8, 4) is 0 Å². The third-order valence-corrected chi connectivity index (χ3v) is 5.18. The fourth-order valence-electron chi connectivity index (χ4n) is 2.27. The topological polar surface area (TPSA) is 49.6 Å². The summed E-state index contributed by atoms with van der Waals surface area (Å²) in [6.07, 6.45) is 4.93. The first-order valence-electron chi connectivity index (χ1n) is 6.23. The first-order chi connectivity index (χ1) is 8.51. The Labute approximate surface area is 119 Å². The Morgan fingerprint density at radius 2 is 2.11 bits per heavy atom. The zero-order valence-electron chi connectivity index (χ0n) is 11.8. The van der Waals surface area contributed by atoms with Crippen molar-refractivity contribution in [3.05, 3.63) is 0 Å². The highest BCUT2D eigenvalue weighted by atomic mass is 32.2. The summed E-state index contributed by atoms with van der Waals surface area (Å²) in [5, 5.41) is 0.497. The molecule has 18 heavy (non-hydrogen) atoms. The maximum atomic E-state index is 12.2. The molecular formula is C12H25N3OS2. The van der Waals surface area contributed by atoms with E-state index in [4.69, 9.17) is 5.73 Å². The molecule has 1 fully saturated rings. The molecule has 1 rings (SSSR count). The molecule has 0 bridgehead atoms. The van der Waals surface area contributed by atoms with Gasteiger partial charge >= 0.3 is 0 Å². The number of thioether (sulfide) groups is 2. The number of carbonyl (C=O) groups is 1. The van der Waals surface area contributed by atoms with E-state index in [0.29, 0.717) is 11.3 Å². The minimum atomic E-state index is -0.333. The van der Waals surface area contributed by atoms with Gasteiger partial charge in [-0.1, -0.05) is 0 Å². The van der Waals surface area contributed by atoms with Crippen molar-refractivity contribution in [1.82, 2.24) is 9.80 Å². The van der Waals surface area contributed by atoms with Crippen LogP contribution in [0.25, 0.3) is 0 Å². The van der Waals surface area contributed by atoms with Crippen LogP contribution in [-0.2, 0) is 4.79 Å². The lowest BCUT2D eigenvalue weighted by Gasteiger charge is -2.23. The molecule has 1 saturated heterocycles. The summed E-state index contributed by atoms with van der Waals surface area (Å²) in [6.45, 7) is 1.64. The molecule has 0 aromatic carbocycles. The van der Waals surface area contributed by atoms with Crippen LogP contribution in [0.2, 0.25) is 0 Å². The maximum Gasteiger partial charge on any atom is 0.239 e. The Balaban J connectivity index is 2.55. The Morgan fingerprint density at radius 3 is 2.56 bits per heavy atom. The van der Waals surface area contributed by atoms with E-state index >= 15 is 0 Å². The van der Waals surface area contributed by atoms with Crippen LogP contribution in [0.5, 0.6) is 0 Å². The fraction of sp³-hybridized carbons (Fsp3) is 0.917. The van der Waals surface area contributed by atoms with Crippen LogP contribution in [0.1, 0.15) is 6.42 Å². The van der Waals surface area contributed by atoms with Crippen molar-refractivity contribution in [2.75, 3.05) is 45.4 Å². The first kappa shape index (κ1) is 16.1. The number of rotatable bonds is 6. The summed E-state index contributed by atoms with van der Waals surface area (Å²) in [7, 11) is 4.16. The quantitative estimate of drug-likeness (QED) is 0.775. The second-order valence-corrected chi connectivity index (χ2v) is 7.00. The summed E-state index contributed by atoms with van der Waals surface area (Å²) in [6, 6.07) is 0.109. The molecule has 0 aromatic heterocycles. The van der Waals surface area contributed by atoms with Crippen LogP contribution in [-0.4, -0.2) is 78.5 Å². The van der Waals surface area contributed by atoms with Gasteiger partial charge in [0.05, 0.1) is 6.04 Å². The van der Waals surface area contributed by atoms with Gasteiger partial charge < -0.3 is 15.5 Å². The third-order valence-electron chi connectivity index (χ3n) is 3.46. The van der Waals surface area contributed by atoms with Crippen LogP contribution in [0.3, 0.4) is 0 Å². The molecule has 0 spiro atoms. The van der Waals surface area contributed by atoms with Gasteiger partial charge in [0.1, 0.15) is 0 Å². The maximum absolute atomic E-state index is 12.2. The fourth-order valence-corrected chi connectivity index (χ4v) is 3.73. The number of likely N-dealkylation sites (tertiary alicyclic amines) is 1. The molecule has 2 N–H and O–H groups in total. The van der Waals surface area contributed by atoms with Gasteiger partial charge in [-0.25, -0.2) is 0 Å². The smallest absolute Gasteiger partial charge is 0.239 e. The lowest BCUT2D eigenvalue weighted by molar-refractivity contribution is -0.131. The average molecular weight is 291 g/mol. The van der Waals surface area contributed by atoms with Crippen LogP contribution in [0.4, 0.5) is 0 Å². The standard InChI is InChI=1S/C12H25N3OS2/c1-14(2)10-7-15(8-11(10)18-4)12(16)9(13)5-6-17-3/h9-11H,5-8,13H2,1-4H3. The monoisotopic (exact) mass is 291 g/mol.